The zero-order chi connectivity index (χ0) is 12.3. The molecule has 0 aromatic heterocycles. The van der Waals surface area contributed by atoms with E-state index in [0.29, 0.717) is 6.54 Å². The molecule has 3 heteroatoms. The number of para-hydroxylation sites is 1. The molecule has 0 aliphatic heterocycles. The van der Waals surface area contributed by atoms with E-state index in [1.807, 2.05) is 18.2 Å². The molecule has 1 aromatic carbocycles. The van der Waals surface area contributed by atoms with Crippen molar-refractivity contribution in [2.24, 2.45) is 5.73 Å². The number of rotatable bonds is 9. The van der Waals surface area contributed by atoms with Gasteiger partial charge in [-0.2, -0.15) is 0 Å². The van der Waals surface area contributed by atoms with Gasteiger partial charge in [0.15, 0.2) is 0 Å². The third-order valence-electron chi connectivity index (χ3n) is 2.89. The van der Waals surface area contributed by atoms with Crippen LogP contribution >= 0.6 is 12.4 Å². The molecule has 2 N–H and O–H groups in total. The van der Waals surface area contributed by atoms with Gasteiger partial charge in [0, 0.05) is 0 Å². The van der Waals surface area contributed by atoms with E-state index >= 15 is 0 Å². The minimum atomic E-state index is 0. The summed E-state index contributed by atoms with van der Waals surface area (Å²) in [5.41, 5.74) is 6.81. The van der Waals surface area contributed by atoms with Gasteiger partial charge >= 0.3 is 0 Å². The Hall–Kier alpha value is -0.730. The standard InChI is InChI=1S/C15H25NO.ClH/c1-2-3-4-5-8-13-17-15-10-7-6-9-14(15)11-12-16;/h6-7,9-10H,2-5,8,11-13,16H2,1H3;1H. The first-order valence-electron chi connectivity index (χ1n) is 6.79. The number of nitrogens with two attached hydrogens (primary N) is 1. The second-order valence-corrected chi connectivity index (χ2v) is 4.41. The summed E-state index contributed by atoms with van der Waals surface area (Å²) in [7, 11) is 0. The molecule has 0 amide bonds. The molecule has 1 aromatic rings. The molecule has 2 nitrogen and oxygen atoms in total. The number of benzene rings is 1. The number of hydrogen-bond acceptors (Lipinski definition) is 2. The van der Waals surface area contributed by atoms with Gasteiger partial charge in [-0.05, 0) is 31.0 Å². The van der Waals surface area contributed by atoms with Crippen LogP contribution in [0.15, 0.2) is 24.3 Å². The molecular weight excluding hydrogens is 246 g/mol. The molecular formula is C15H26ClNO. The Labute approximate surface area is 117 Å². The van der Waals surface area contributed by atoms with Crippen LogP contribution < -0.4 is 10.5 Å². The highest BCUT2D eigenvalue weighted by molar-refractivity contribution is 5.85. The summed E-state index contributed by atoms with van der Waals surface area (Å²) in [4.78, 5) is 0. The first-order chi connectivity index (χ1) is 8.38. The normalized spacial score (nSPS) is 9.89. The van der Waals surface area contributed by atoms with Crippen LogP contribution in [-0.2, 0) is 6.42 Å². The van der Waals surface area contributed by atoms with Gasteiger partial charge < -0.3 is 10.5 Å². The molecule has 0 bridgehead atoms. The largest absolute Gasteiger partial charge is 0.493 e. The molecule has 0 atom stereocenters. The maximum atomic E-state index is 5.81. The topological polar surface area (TPSA) is 35.2 Å². The lowest BCUT2D eigenvalue weighted by molar-refractivity contribution is 0.301. The van der Waals surface area contributed by atoms with Crippen molar-refractivity contribution in [1.29, 1.82) is 0 Å². The molecule has 0 aliphatic carbocycles. The van der Waals surface area contributed by atoms with Crippen molar-refractivity contribution < 1.29 is 4.74 Å². The van der Waals surface area contributed by atoms with Gasteiger partial charge in [-0.15, -0.1) is 12.4 Å². The first kappa shape index (κ1) is 17.3. The molecule has 0 spiro atoms. The number of ether oxygens (including phenoxy) is 1. The van der Waals surface area contributed by atoms with Crippen LogP contribution in [0, 0.1) is 0 Å². The first-order valence-corrected chi connectivity index (χ1v) is 6.79. The quantitative estimate of drug-likeness (QED) is 0.690. The zero-order valence-corrected chi connectivity index (χ0v) is 12.2. The Kier molecular flexibility index (Phi) is 10.9. The van der Waals surface area contributed by atoms with E-state index in [2.05, 4.69) is 13.0 Å². The summed E-state index contributed by atoms with van der Waals surface area (Å²) in [5, 5.41) is 0. The minimum absolute atomic E-state index is 0. The number of halogens is 1. The zero-order valence-electron chi connectivity index (χ0n) is 11.4. The molecule has 0 unspecified atom stereocenters. The van der Waals surface area contributed by atoms with Crippen LogP contribution in [-0.4, -0.2) is 13.2 Å². The molecule has 0 heterocycles. The predicted molar refractivity (Wildman–Crippen MR) is 80.7 cm³/mol. The van der Waals surface area contributed by atoms with Gasteiger partial charge in [0.05, 0.1) is 6.61 Å². The lowest BCUT2D eigenvalue weighted by Gasteiger charge is -2.10. The summed E-state index contributed by atoms with van der Waals surface area (Å²) in [6, 6.07) is 8.20. The maximum Gasteiger partial charge on any atom is 0.122 e. The summed E-state index contributed by atoms with van der Waals surface area (Å²) in [5.74, 6) is 1.01. The van der Waals surface area contributed by atoms with E-state index in [9.17, 15) is 0 Å². The molecule has 0 saturated carbocycles. The number of unbranched alkanes of at least 4 members (excludes halogenated alkanes) is 4. The summed E-state index contributed by atoms with van der Waals surface area (Å²) in [6.07, 6.45) is 7.27. The fourth-order valence-corrected chi connectivity index (χ4v) is 1.89. The summed E-state index contributed by atoms with van der Waals surface area (Å²) >= 11 is 0. The maximum absolute atomic E-state index is 5.81. The fourth-order valence-electron chi connectivity index (χ4n) is 1.89. The second-order valence-electron chi connectivity index (χ2n) is 4.41. The van der Waals surface area contributed by atoms with E-state index in [0.717, 1.165) is 25.2 Å². The monoisotopic (exact) mass is 271 g/mol. The number of hydrogen-bond donors (Lipinski definition) is 1. The minimum Gasteiger partial charge on any atom is -0.493 e. The van der Waals surface area contributed by atoms with Crippen molar-refractivity contribution >= 4 is 12.4 Å². The van der Waals surface area contributed by atoms with Crippen molar-refractivity contribution in [1.82, 2.24) is 0 Å². The van der Waals surface area contributed by atoms with Crippen molar-refractivity contribution in [2.75, 3.05) is 13.2 Å². The van der Waals surface area contributed by atoms with E-state index in [1.54, 1.807) is 0 Å². The van der Waals surface area contributed by atoms with Gasteiger partial charge in [-0.25, -0.2) is 0 Å². The molecule has 104 valence electrons. The van der Waals surface area contributed by atoms with Crippen molar-refractivity contribution in [3.05, 3.63) is 29.8 Å². The van der Waals surface area contributed by atoms with Crippen LogP contribution in [0.3, 0.4) is 0 Å². The Bertz CT molecular complexity index is 304. The Morgan fingerprint density at radius 2 is 1.78 bits per heavy atom. The van der Waals surface area contributed by atoms with Crippen molar-refractivity contribution in [2.45, 2.75) is 45.4 Å². The highest BCUT2D eigenvalue weighted by atomic mass is 35.5. The molecule has 0 saturated heterocycles. The predicted octanol–water partition coefficient (Wildman–Crippen LogP) is 3.96. The Morgan fingerprint density at radius 1 is 1.06 bits per heavy atom. The third-order valence-corrected chi connectivity index (χ3v) is 2.89. The lowest BCUT2D eigenvalue weighted by atomic mass is 10.1. The molecule has 0 radical (unpaired) electrons. The van der Waals surface area contributed by atoms with Crippen LogP contribution in [0.4, 0.5) is 0 Å². The van der Waals surface area contributed by atoms with E-state index in [1.165, 1.54) is 31.2 Å². The third kappa shape index (κ3) is 6.87. The highest BCUT2D eigenvalue weighted by Crippen LogP contribution is 2.18. The van der Waals surface area contributed by atoms with Gasteiger partial charge in [-0.3, -0.25) is 0 Å². The SMILES string of the molecule is CCCCCCCOc1ccccc1CCN.Cl. The highest BCUT2D eigenvalue weighted by Gasteiger charge is 2.01. The molecule has 0 fully saturated rings. The van der Waals surface area contributed by atoms with E-state index < -0.39 is 0 Å². The lowest BCUT2D eigenvalue weighted by Crippen LogP contribution is -2.06. The summed E-state index contributed by atoms with van der Waals surface area (Å²) in [6.45, 7) is 3.74. The fraction of sp³-hybridized carbons (Fsp3) is 0.600. The van der Waals surface area contributed by atoms with Crippen molar-refractivity contribution in [3.8, 4) is 5.75 Å². The molecule has 1 rings (SSSR count). The second kappa shape index (κ2) is 11.4. The Balaban J connectivity index is 0.00000289. The van der Waals surface area contributed by atoms with E-state index in [-0.39, 0.29) is 12.4 Å². The van der Waals surface area contributed by atoms with Gasteiger partial charge in [-0.1, -0.05) is 50.8 Å². The van der Waals surface area contributed by atoms with Crippen LogP contribution in [0.25, 0.3) is 0 Å². The smallest absolute Gasteiger partial charge is 0.122 e. The molecule has 0 aliphatic rings. The van der Waals surface area contributed by atoms with E-state index in [4.69, 9.17) is 10.5 Å². The summed E-state index contributed by atoms with van der Waals surface area (Å²) < 4.78 is 5.81. The van der Waals surface area contributed by atoms with Gasteiger partial charge in [0.25, 0.3) is 0 Å². The van der Waals surface area contributed by atoms with Gasteiger partial charge in [0.2, 0.25) is 0 Å². The van der Waals surface area contributed by atoms with Crippen LogP contribution in [0.2, 0.25) is 0 Å². The van der Waals surface area contributed by atoms with Gasteiger partial charge in [0.1, 0.15) is 5.75 Å². The van der Waals surface area contributed by atoms with Crippen LogP contribution in [0.5, 0.6) is 5.75 Å². The molecule has 18 heavy (non-hydrogen) atoms. The Morgan fingerprint density at radius 3 is 2.50 bits per heavy atom. The average molecular weight is 272 g/mol. The van der Waals surface area contributed by atoms with Crippen LogP contribution in [0.1, 0.15) is 44.6 Å². The average Bonchev–Trinajstić information content (AvgIpc) is 2.36. The van der Waals surface area contributed by atoms with Crippen molar-refractivity contribution in [3.63, 3.8) is 0 Å².